The van der Waals surface area contributed by atoms with Crippen molar-refractivity contribution >= 4 is 11.4 Å². The van der Waals surface area contributed by atoms with Crippen molar-refractivity contribution in [1.82, 2.24) is 5.32 Å². The molecule has 5 nitrogen and oxygen atoms in total. The van der Waals surface area contributed by atoms with Gasteiger partial charge in [0, 0.05) is 42.0 Å². The van der Waals surface area contributed by atoms with Gasteiger partial charge in [-0.05, 0) is 69.3 Å². The van der Waals surface area contributed by atoms with Gasteiger partial charge in [0.25, 0.3) is 0 Å². The Hall–Kier alpha value is -2.50. The summed E-state index contributed by atoms with van der Waals surface area (Å²) in [4.78, 5) is 2.37. The third kappa shape index (κ3) is 3.86. The number of hydrogen-bond donors (Lipinski definition) is 2. The summed E-state index contributed by atoms with van der Waals surface area (Å²) in [7, 11) is 0. The van der Waals surface area contributed by atoms with Crippen LogP contribution < -0.4 is 19.7 Å². The van der Waals surface area contributed by atoms with Gasteiger partial charge in [0.15, 0.2) is 0 Å². The van der Waals surface area contributed by atoms with E-state index in [0.29, 0.717) is 30.2 Å². The topological polar surface area (TPSA) is 54.0 Å². The predicted molar refractivity (Wildman–Crippen MR) is 112 cm³/mol. The van der Waals surface area contributed by atoms with Crippen LogP contribution >= 0.6 is 0 Å². The Kier molecular flexibility index (Phi) is 5.29. The number of nitrogens with zero attached hydrogens (tertiary/aromatic N) is 1. The fraction of sp³-hybridized carbons (Fsp3) is 0.391. The van der Waals surface area contributed by atoms with Crippen molar-refractivity contribution in [3.05, 3.63) is 59.7 Å². The lowest BCUT2D eigenvalue weighted by Crippen LogP contribution is -2.54. The number of ether oxygens (including phenoxy) is 2. The second-order valence-corrected chi connectivity index (χ2v) is 7.63. The van der Waals surface area contributed by atoms with Gasteiger partial charge in [-0.3, -0.25) is 0 Å². The quantitative estimate of drug-likeness (QED) is 0.846. The van der Waals surface area contributed by atoms with Gasteiger partial charge < -0.3 is 24.8 Å². The number of aliphatic hydroxyl groups is 1. The Morgan fingerprint density at radius 1 is 1.11 bits per heavy atom. The third-order valence-electron chi connectivity index (χ3n) is 5.21. The molecule has 1 saturated heterocycles. The van der Waals surface area contributed by atoms with Crippen molar-refractivity contribution in [3.8, 4) is 11.5 Å². The predicted octanol–water partition coefficient (Wildman–Crippen LogP) is 3.74. The number of fused-ring (bicyclic) bond motifs is 1. The molecule has 0 spiro atoms. The maximum atomic E-state index is 10.7. The molecule has 0 saturated carbocycles. The lowest BCUT2D eigenvalue weighted by Gasteiger charge is -2.38. The summed E-state index contributed by atoms with van der Waals surface area (Å²) in [6.07, 6.45) is 1.08. The number of piperazine rings is 1. The molecule has 5 heteroatoms. The van der Waals surface area contributed by atoms with Gasteiger partial charge >= 0.3 is 0 Å². The average Bonchev–Trinajstić information content (AvgIpc) is 2.68. The molecule has 2 aromatic carbocycles. The molecule has 1 unspecified atom stereocenters. The van der Waals surface area contributed by atoms with E-state index in [-0.39, 0.29) is 0 Å². The average molecular weight is 380 g/mol. The SMILES string of the molecule is CCOc1ccc(C2=CC(O)c3cc(N4C[C@@H](C)N[C@@H](C)C4)ccc3O2)cc1. The molecule has 0 radical (unpaired) electrons. The summed E-state index contributed by atoms with van der Waals surface area (Å²) in [5, 5.41) is 14.3. The van der Waals surface area contributed by atoms with Crippen molar-refractivity contribution in [1.29, 1.82) is 0 Å². The van der Waals surface area contributed by atoms with Crippen LogP contribution in [0.2, 0.25) is 0 Å². The molecule has 2 aromatic rings. The number of nitrogens with one attached hydrogen (secondary N) is 1. The highest BCUT2D eigenvalue weighted by atomic mass is 16.5. The molecule has 3 atom stereocenters. The Morgan fingerprint density at radius 3 is 2.50 bits per heavy atom. The number of benzene rings is 2. The summed E-state index contributed by atoms with van der Waals surface area (Å²) in [6.45, 7) is 8.90. The fourth-order valence-electron chi connectivity index (χ4n) is 4.02. The summed E-state index contributed by atoms with van der Waals surface area (Å²) >= 11 is 0. The molecule has 0 aromatic heterocycles. The number of rotatable bonds is 4. The van der Waals surface area contributed by atoms with Gasteiger partial charge in [0.05, 0.1) is 6.61 Å². The van der Waals surface area contributed by atoms with Gasteiger partial charge in [-0.15, -0.1) is 0 Å². The highest BCUT2D eigenvalue weighted by Crippen LogP contribution is 2.38. The lowest BCUT2D eigenvalue weighted by molar-refractivity contribution is 0.217. The largest absolute Gasteiger partial charge is 0.494 e. The van der Waals surface area contributed by atoms with Crippen molar-refractivity contribution in [2.45, 2.75) is 39.0 Å². The first-order valence-electron chi connectivity index (χ1n) is 9.99. The Balaban J connectivity index is 1.56. The maximum Gasteiger partial charge on any atom is 0.133 e. The van der Waals surface area contributed by atoms with E-state index in [2.05, 4.69) is 36.2 Å². The molecule has 4 rings (SSSR count). The molecule has 2 heterocycles. The van der Waals surface area contributed by atoms with Crippen molar-refractivity contribution in [2.75, 3.05) is 24.6 Å². The number of hydrogen-bond acceptors (Lipinski definition) is 5. The van der Waals surface area contributed by atoms with Crippen LogP contribution in [0.25, 0.3) is 5.76 Å². The van der Waals surface area contributed by atoms with Crippen LogP contribution in [0.15, 0.2) is 48.5 Å². The second-order valence-electron chi connectivity index (χ2n) is 7.63. The van der Waals surface area contributed by atoms with E-state index in [1.54, 1.807) is 6.08 Å². The van der Waals surface area contributed by atoms with E-state index in [1.165, 1.54) is 0 Å². The van der Waals surface area contributed by atoms with Gasteiger partial charge in [0.1, 0.15) is 23.4 Å². The Morgan fingerprint density at radius 2 is 1.82 bits per heavy atom. The summed E-state index contributed by atoms with van der Waals surface area (Å²) in [5.74, 6) is 2.20. The van der Waals surface area contributed by atoms with Gasteiger partial charge in [-0.25, -0.2) is 0 Å². The molecule has 2 aliphatic rings. The fourth-order valence-corrected chi connectivity index (χ4v) is 4.02. The van der Waals surface area contributed by atoms with Crippen LogP contribution in [0.1, 0.15) is 38.0 Å². The standard InChI is InChI=1S/C23H28N2O3/c1-4-27-19-8-5-17(6-9-19)23-12-21(26)20-11-18(7-10-22(20)28-23)25-13-15(2)24-16(3)14-25/h5-12,15-16,21,24,26H,4,13-14H2,1-3H3/t15-,16+,21?. The smallest absolute Gasteiger partial charge is 0.133 e. The molecule has 148 valence electrons. The summed E-state index contributed by atoms with van der Waals surface area (Å²) < 4.78 is 11.6. The Labute approximate surface area is 166 Å². The molecule has 2 aliphatic heterocycles. The van der Waals surface area contributed by atoms with E-state index in [0.717, 1.165) is 35.7 Å². The minimum absolute atomic E-state index is 0.437. The molecular formula is C23H28N2O3. The first kappa shape index (κ1) is 18.8. The number of aliphatic hydroxyl groups excluding tert-OH is 1. The second kappa shape index (κ2) is 7.86. The third-order valence-corrected chi connectivity index (χ3v) is 5.21. The molecule has 0 bridgehead atoms. The molecule has 28 heavy (non-hydrogen) atoms. The zero-order valence-electron chi connectivity index (χ0n) is 16.7. The Bertz CT molecular complexity index is 853. The van der Waals surface area contributed by atoms with Gasteiger partial charge in [-0.1, -0.05) is 0 Å². The number of anilines is 1. The minimum Gasteiger partial charge on any atom is -0.494 e. The van der Waals surface area contributed by atoms with E-state index < -0.39 is 6.10 Å². The van der Waals surface area contributed by atoms with E-state index in [4.69, 9.17) is 9.47 Å². The first-order chi connectivity index (χ1) is 13.5. The van der Waals surface area contributed by atoms with Crippen LogP contribution in [0.5, 0.6) is 11.5 Å². The zero-order chi connectivity index (χ0) is 19.7. The zero-order valence-corrected chi connectivity index (χ0v) is 16.7. The van der Waals surface area contributed by atoms with Crippen molar-refractivity contribution in [2.24, 2.45) is 0 Å². The first-order valence-corrected chi connectivity index (χ1v) is 9.99. The highest BCUT2D eigenvalue weighted by molar-refractivity contribution is 5.68. The molecule has 0 amide bonds. The van der Waals surface area contributed by atoms with Crippen molar-refractivity contribution in [3.63, 3.8) is 0 Å². The summed E-state index contributed by atoms with van der Waals surface area (Å²) in [5.41, 5.74) is 2.85. The van der Waals surface area contributed by atoms with Gasteiger partial charge in [-0.2, -0.15) is 0 Å². The molecular weight excluding hydrogens is 352 g/mol. The van der Waals surface area contributed by atoms with E-state index in [9.17, 15) is 5.11 Å². The molecule has 1 fully saturated rings. The molecule has 2 N–H and O–H groups in total. The minimum atomic E-state index is -0.692. The van der Waals surface area contributed by atoms with Crippen LogP contribution in [0, 0.1) is 0 Å². The maximum absolute atomic E-state index is 10.7. The van der Waals surface area contributed by atoms with E-state index in [1.807, 2.05) is 37.3 Å². The van der Waals surface area contributed by atoms with Crippen LogP contribution in [-0.2, 0) is 0 Å². The lowest BCUT2D eigenvalue weighted by atomic mass is 10.0. The van der Waals surface area contributed by atoms with Gasteiger partial charge in [0.2, 0.25) is 0 Å². The monoisotopic (exact) mass is 380 g/mol. The van der Waals surface area contributed by atoms with Crippen LogP contribution in [0.4, 0.5) is 5.69 Å². The highest BCUT2D eigenvalue weighted by Gasteiger charge is 2.25. The van der Waals surface area contributed by atoms with E-state index >= 15 is 0 Å². The van der Waals surface area contributed by atoms with Crippen LogP contribution in [0.3, 0.4) is 0 Å². The summed E-state index contributed by atoms with van der Waals surface area (Å²) in [6, 6.07) is 14.7. The molecule has 0 aliphatic carbocycles. The van der Waals surface area contributed by atoms with Crippen LogP contribution in [-0.4, -0.2) is 36.9 Å². The normalized spacial score (nSPS) is 24.2. The van der Waals surface area contributed by atoms with Crippen molar-refractivity contribution < 1.29 is 14.6 Å².